The van der Waals surface area contributed by atoms with Crippen LogP contribution in [0.4, 0.5) is 0 Å². The van der Waals surface area contributed by atoms with Gasteiger partial charge in [-0.2, -0.15) is 5.21 Å². The number of rotatable bonds is 1. The van der Waals surface area contributed by atoms with Crippen molar-refractivity contribution in [2.24, 2.45) is 0 Å². The molecule has 0 spiro atoms. The van der Waals surface area contributed by atoms with Gasteiger partial charge in [0.05, 0.1) is 0 Å². The summed E-state index contributed by atoms with van der Waals surface area (Å²) in [5, 5.41) is 16.3. The largest absolute Gasteiger partial charge is 0.328 e. The van der Waals surface area contributed by atoms with E-state index in [4.69, 9.17) is 0 Å². The van der Waals surface area contributed by atoms with Crippen LogP contribution in [0.5, 0.6) is 0 Å². The quantitative estimate of drug-likeness (QED) is 0.622. The van der Waals surface area contributed by atoms with Gasteiger partial charge in [-0.1, -0.05) is 0 Å². The minimum absolute atomic E-state index is 0.135. The summed E-state index contributed by atoms with van der Waals surface area (Å²) in [6, 6.07) is 0.305. The molecule has 7 heteroatoms. The van der Waals surface area contributed by atoms with Crippen molar-refractivity contribution in [3.63, 3.8) is 0 Å². The Morgan fingerprint density at radius 3 is 2.60 bits per heavy atom. The topological polar surface area (TPSA) is 86.8 Å². The van der Waals surface area contributed by atoms with Gasteiger partial charge >= 0.3 is 0 Å². The van der Waals surface area contributed by atoms with Crippen molar-refractivity contribution in [2.45, 2.75) is 25.9 Å². The minimum Gasteiger partial charge on any atom is -0.328 e. The second kappa shape index (κ2) is 3.93. The molecule has 1 saturated heterocycles. The van der Waals surface area contributed by atoms with E-state index in [0.717, 1.165) is 13.1 Å². The van der Waals surface area contributed by atoms with Crippen LogP contribution >= 0.6 is 0 Å². The molecule has 1 aliphatic rings. The van der Waals surface area contributed by atoms with E-state index in [0.29, 0.717) is 0 Å². The van der Waals surface area contributed by atoms with Crippen LogP contribution in [0.15, 0.2) is 0 Å². The molecule has 7 nitrogen and oxygen atoms in total. The molecule has 15 heavy (non-hydrogen) atoms. The highest BCUT2D eigenvalue weighted by atomic mass is 16.2. The van der Waals surface area contributed by atoms with Gasteiger partial charge in [0.2, 0.25) is 0 Å². The molecule has 2 heterocycles. The maximum Gasteiger partial charge on any atom is 0.296 e. The number of aromatic nitrogens is 4. The molecule has 1 aromatic rings. The van der Waals surface area contributed by atoms with E-state index in [-0.39, 0.29) is 23.8 Å². The highest BCUT2D eigenvalue weighted by Crippen LogP contribution is 2.12. The number of tetrazole rings is 1. The summed E-state index contributed by atoms with van der Waals surface area (Å²) < 4.78 is 0. The molecule has 1 amide bonds. The van der Waals surface area contributed by atoms with Crippen molar-refractivity contribution in [2.75, 3.05) is 13.1 Å². The zero-order valence-electron chi connectivity index (χ0n) is 8.77. The van der Waals surface area contributed by atoms with Gasteiger partial charge in [-0.3, -0.25) is 4.79 Å². The summed E-state index contributed by atoms with van der Waals surface area (Å²) in [5.41, 5.74) is 0. The fourth-order valence-corrected chi connectivity index (χ4v) is 1.90. The Morgan fingerprint density at radius 1 is 1.40 bits per heavy atom. The molecular formula is C8H14N6O. The molecule has 2 unspecified atom stereocenters. The first-order chi connectivity index (χ1) is 7.20. The van der Waals surface area contributed by atoms with Gasteiger partial charge in [-0.15, -0.1) is 10.2 Å². The molecule has 0 saturated carbocycles. The summed E-state index contributed by atoms with van der Waals surface area (Å²) in [5.74, 6) is -0.0270. The number of nitrogens with zero attached hydrogens (tertiary/aromatic N) is 4. The van der Waals surface area contributed by atoms with Crippen LogP contribution < -0.4 is 5.32 Å². The standard InChI is InChI=1S/C8H14N6O/c1-5-3-9-4-6(2)14(5)8(15)7-10-12-13-11-7/h5-6,9H,3-4H2,1-2H3,(H,10,11,12,13). The number of carbonyl (C=O) groups excluding carboxylic acids is 1. The Balaban J connectivity index is 2.17. The van der Waals surface area contributed by atoms with Crippen molar-refractivity contribution in [1.29, 1.82) is 0 Å². The molecule has 1 aliphatic heterocycles. The van der Waals surface area contributed by atoms with Crippen molar-refractivity contribution >= 4 is 5.91 Å². The predicted molar refractivity (Wildman–Crippen MR) is 52.1 cm³/mol. The SMILES string of the molecule is CC1CNCC(C)N1C(=O)c1nn[nH]n1. The zero-order valence-corrected chi connectivity index (χ0v) is 8.77. The zero-order chi connectivity index (χ0) is 10.8. The predicted octanol–water partition coefficient (Wildman–Crippen LogP) is -0.978. The number of hydrogen-bond acceptors (Lipinski definition) is 5. The van der Waals surface area contributed by atoms with E-state index < -0.39 is 0 Å². The molecule has 0 aliphatic carbocycles. The average Bonchev–Trinajstić information content (AvgIpc) is 2.69. The molecule has 0 aromatic carbocycles. The molecule has 0 bridgehead atoms. The smallest absolute Gasteiger partial charge is 0.296 e. The summed E-state index contributed by atoms with van der Waals surface area (Å²) >= 11 is 0. The first-order valence-electron chi connectivity index (χ1n) is 4.97. The fraction of sp³-hybridized carbons (Fsp3) is 0.750. The summed E-state index contributed by atoms with van der Waals surface area (Å²) in [6.07, 6.45) is 0. The monoisotopic (exact) mass is 210 g/mol. The number of H-pyrrole nitrogens is 1. The Labute approximate surface area is 87.2 Å². The molecule has 1 fully saturated rings. The van der Waals surface area contributed by atoms with Gasteiger partial charge in [-0.05, 0) is 19.1 Å². The lowest BCUT2D eigenvalue weighted by atomic mass is 10.1. The van der Waals surface area contributed by atoms with Gasteiger partial charge in [0.15, 0.2) is 0 Å². The van der Waals surface area contributed by atoms with Crippen molar-refractivity contribution < 1.29 is 4.79 Å². The first-order valence-corrected chi connectivity index (χ1v) is 4.97. The normalized spacial score (nSPS) is 26.7. The third kappa shape index (κ3) is 1.82. The van der Waals surface area contributed by atoms with Gasteiger partial charge < -0.3 is 10.2 Å². The molecule has 0 radical (unpaired) electrons. The van der Waals surface area contributed by atoms with Crippen LogP contribution in [0, 0.1) is 0 Å². The Kier molecular flexibility index (Phi) is 2.63. The van der Waals surface area contributed by atoms with Crippen molar-refractivity contribution in [1.82, 2.24) is 30.8 Å². The lowest BCUT2D eigenvalue weighted by molar-refractivity contribution is 0.0532. The summed E-state index contributed by atoms with van der Waals surface area (Å²) in [4.78, 5) is 13.8. The molecule has 2 N–H and O–H groups in total. The average molecular weight is 210 g/mol. The van der Waals surface area contributed by atoms with Crippen LogP contribution in [0.2, 0.25) is 0 Å². The van der Waals surface area contributed by atoms with E-state index in [1.165, 1.54) is 0 Å². The molecule has 2 rings (SSSR count). The number of carbonyl (C=O) groups is 1. The van der Waals surface area contributed by atoms with Crippen LogP contribution in [-0.4, -0.2) is 56.6 Å². The first kappa shape index (κ1) is 10.0. The second-order valence-electron chi connectivity index (χ2n) is 3.80. The van der Waals surface area contributed by atoms with Crippen molar-refractivity contribution in [3.05, 3.63) is 5.82 Å². The van der Waals surface area contributed by atoms with E-state index in [2.05, 4.69) is 25.9 Å². The van der Waals surface area contributed by atoms with E-state index in [1.807, 2.05) is 13.8 Å². The van der Waals surface area contributed by atoms with Crippen molar-refractivity contribution in [3.8, 4) is 0 Å². The fourth-order valence-electron chi connectivity index (χ4n) is 1.90. The highest BCUT2D eigenvalue weighted by Gasteiger charge is 2.31. The lowest BCUT2D eigenvalue weighted by Gasteiger charge is -2.38. The number of aromatic amines is 1. The Bertz CT molecular complexity index is 327. The maximum absolute atomic E-state index is 12.0. The molecular weight excluding hydrogens is 196 g/mol. The molecule has 1 aromatic heterocycles. The van der Waals surface area contributed by atoms with Crippen LogP contribution in [0.1, 0.15) is 24.5 Å². The number of piperazine rings is 1. The lowest BCUT2D eigenvalue weighted by Crippen LogP contribution is -2.57. The second-order valence-corrected chi connectivity index (χ2v) is 3.80. The van der Waals surface area contributed by atoms with Gasteiger partial charge in [0.25, 0.3) is 11.7 Å². The Morgan fingerprint density at radius 2 is 2.07 bits per heavy atom. The third-order valence-corrected chi connectivity index (χ3v) is 2.60. The number of nitrogens with one attached hydrogen (secondary N) is 2. The molecule has 82 valence electrons. The summed E-state index contributed by atoms with van der Waals surface area (Å²) in [6.45, 7) is 5.60. The highest BCUT2D eigenvalue weighted by molar-refractivity contribution is 5.90. The molecule has 2 atom stereocenters. The van der Waals surface area contributed by atoms with Gasteiger partial charge in [-0.25, -0.2) is 0 Å². The van der Waals surface area contributed by atoms with Crippen LogP contribution in [0.25, 0.3) is 0 Å². The number of hydrogen-bond donors (Lipinski definition) is 2. The van der Waals surface area contributed by atoms with Gasteiger partial charge in [0, 0.05) is 25.2 Å². The van der Waals surface area contributed by atoms with Gasteiger partial charge in [0.1, 0.15) is 0 Å². The minimum atomic E-state index is -0.162. The number of amides is 1. The third-order valence-electron chi connectivity index (χ3n) is 2.60. The van der Waals surface area contributed by atoms with E-state index >= 15 is 0 Å². The van der Waals surface area contributed by atoms with Crippen LogP contribution in [0.3, 0.4) is 0 Å². The van der Waals surface area contributed by atoms with E-state index in [1.54, 1.807) is 4.90 Å². The summed E-state index contributed by atoms with van der Waals surface area (Å²) in [7, 11) is 0. The maximum atomic E-state index is 12.0. The van der Waals surface area contributed by atoms with E-state index in [9.17, 15) is 4.79 Å². The Hall–Kier alpha value is -1.50. The van der Waals surface area contributed by atoms with Crippen LogP contribution in [-0.2, 0) is 0 Å².